The predicted octanol–water partition coefficient (Wildman–Crippen LogP) is 5.08. The SMILES string of the molecule is CCOc1cc(C=CC(=O)N2CCCC2c2nc3ccccc3s2)ccc1OC. The molecule has 0 aliphatic carbocycles. The minimum atomic E-state index is 0.0144. The van der Waals surface area contributed by atoms with Crippen molar-refractivity contribution in [2.24, 2.45) is 0 Å². The van der Waals surface area contributed by atoms with Crippen molar-refractivity contribution in [2.75, 3.05) is 20.3 Å². The van der Waals surface area contributed by atoms with Crippen LogP contribution in [0.4, 0.5) is 0 Å². The highest BCUT2D eigenvalue weighted by Crippen LogP contribution is 2.36. The molecule has 1 aromatic heterocycles. The molecule has 1 aliphatic rings. The molecule has 1 unspecified atom stereocenters. The first-order valence-electron chi connectivity index (χ1n) is 9.84. The average Bonchev–Trinajstić information content (AvgIpc) is 3.39. The molecule has 3 aromatic rings. The van der Waals surface area contributed by atoms with Gasteiger partial charge in [0.05, 0.1) is 30.0 Å². The van der Waals surface area contributed by atoms with Crippen LogP contribution in [0, 0.1) is 0 Å². The normalized spacial score (nSPS) is 16.6. The van der Waals surface area contributed by atoms with E-state index in [9.17, 15) is 4.79 Å². The van der Waals surface area contributed by atoms with Crippen LogP contribution >= 0.6 is 11.3 Å². The number of fused-ring (bicyclic) bond motifs is 1. The summed E-state index contributed by atoms with van der Waals surface area (Å²) in [4.78, 5) is 19.6. The average molecular weight is 409 g/mol. The van der Waals surface area contributed by atoms with Crippen molar-refractivity contribution in [2.45, 2.75) is 25.8 Å². The Morgan fingerprint density at radius 1 is 1.28 bits per heavy atom. The Bertz CT molecular complexity index is 1010. The lowest BCUT2D eigenvalue weighted by Gasteiger charge is -2.21. The zero-order chi connectivity index (χ0) is 20.2. The molecule has 1 amide bonds. The first-order chi connectivity index (χ1) is 14.2. The van der Waals surface area contributed by atoms with E-state index in [1.165, 1.54) is 4.70 Å². The molecular formula is C23H24N2O3S. The number of carbonyl (C=O) groups excluding carboxylic acids is 1. The number of hydrogen-bond donors (Lipinski definition) is 0. The van der Waals surface area contributed by atoms with E-state index in [1.54, 1.807) is 24.5 Å². The number of likely N-dealkylation sites (tertiary alicyclic amines) is 1. The Labute approximate surface area is 174 Å². The molecule has 0 spiro atoms. The van der Waals surface area contributed by atoms with E-state index in [-0.39, 0.29) is 11.9 Å². The third-order valence-electron chi connectivity index (χ3n) is 5.04. The predicted molar refractivity (Wildman–Crippen MR) is 117 cm³/mol. The molecule has 1 fully saturated rings. The quantitative estimate of drug-likeness (QED) is 0.534. The van der Waals surface area contributed by atoms with Gasteiger partial charge < -0.3 is 14.4 Å². The highest BCUT2D eigenvalue weighted by Gasteiger charge is 2.31. The molecule has 0 saturated carbocycles. The number of carbonyl (C=O) groups is 1. The summed E-state index contributed by atoms with van der Waals surface area (Å²) >= 11 is 1.68. The summed E-state index contributed by atoms with van der Waals surface area (Å²) in [5, 5.41) is 1.02. The molecule has 1 atom stereocenters. The zero-order valence-electron chi connectivity index (χ0n) is 16.6. The summed E-state index contributed by atoms with van der Waals surface area (Å²) in [5.41, 5.74) is 1.90. The standard InChI is InChI=1S/C23H24N2O3S/c1-3-28-20-15-16(10-12-19(20)27-2)11-13-22(26)25-14-6-8-18(25)23-24-17-7-4-5-9-21(17)29-23/h4-5,7,9-13,15,18H,3,6,8,14H2,1-2H3. The van der Waals surface area contributed by atoms with Crippen molar-refractivity contribution in [1.82, 2.24) is 9.88 Å². The number of ether oxygens (including phenoxy) is 2. The third kappa shape index (κ3) is 4.12. The van der Waals surface area contributed by atoms with Gasteiger partial charge in [0.15, 0.2) is 11.5 Å². The fourth-order valence-corrected chi connectivity index (χ4v) is 4.76. The number of aromatic nitrogens is 1. The molecule has 2 heterocycles. The molecule has 6 heteroatoms. The lowest BCUT2D eigenvalue weighted by Crippen LogP contribution is -2.28. The van der Waals surface area contributed by atoms with Crippen LogP contribution in [0.2, 0.25) is 0 Å². The summed E-state index contributed by atoms with van der Waals surface area (Å²) in [7, 11) is 1.62. The van der Waals surface area contributed by atoms with Crippen molar-refractivity contribution in [1.29, 1.82) is 0 Å². The highest BCUT2D eigenvalue weighted by atomic mass is 32.1. The van der Waals surface area contributed by atoms with Crippen LogP contribution in [0.3, 0.4) is 0 Å². The van der Waals surface area contributed by atoms with Crippen molar-refractivity contribution in [3.8, 4) is 11.5 Å². The van der Waals surface area contributed by atoms with Crippen LogP contribution in [0.15, 0.2) is 48.5 Å². The number of methoxy groups -OCH3 is 1. The second-order valence-corrected chi connectivity index (χ2v) is 7.95. The maximum Gasteiger partial charge on any atom is 0.247 e. The molecule has 5 nitrogen and oxygen atoms in total. The molecule has 2 aromatic carbocycles. The van der Waals surface area contributed by atoms with E-state index in [0.29, 0.717) is 18.1 Å². The number of nitrogens with zero attached hydrogens (tertiary/aromatic N) is 2. The molecule has 1 aliphatic heterocycles. The van der Waals surface area contributed by atoms with Gasteiger partial charge in [-0.15, -0.1) is 11.3 Å². The van der Waals surface area contributed by atoms with E-state index in [4.69, 9.17) is 14.5 Å². The van der Waals surface area contributed by atoms with Crippen molar-refractivity contribution in [3.05, 3.63) is 59.1 Å². The molecule has 0 N–H and O–H groups in total. The van der Waals surface area contributed by atoms with Gasteiger partial charge in [0.25, 0.3) is 0 Å². The van der Waals surface area contributed by atoms with Gasteiger partial charge in [-0.3, -0.25) is 4.79 Å². The molecule has 4 rings (SSSR count). The van der Waals surface area contributed by atoms with Crippen molar-refractivity contribution < 1.29 is 14.3 Å². The van der Waals surface area contributed by atoms with Crippen LogP contribution in [-0.2, 0) is 4.79 Å². The lowest BCUT2D eigenvalue weighted by atomic mass is 10.1. The first-order valence-corrected chi connectivity index (χ1v) is 10.7. The number of thiazole rings is 1. The number of para-hydroxylation sites is 1. The monoisotopic (exact) mass is 408 g/mol. The summed E-state index contributed by atoms with van der Waals surface area (Å²) in [6.45, 7) is 3.25. The molecule has 1 saturated heterocycles. The first kappa shape index (κ1) is 19.5. The van der Waals surface area contributed by atoms with Gasteiger partial charge in [-0.25, -0.2) is 4.98 Å². The smallest absolute Gasteiger partial charge is 0.247 e. The largest absolute Gasteiger partial charge is 0.493 e. The van der Waals surface area contributed by atoms with Crippen LogP contribution in [0.25, 0.3) is 16.3 Å². The fraction of sp³-hybridized carbons (Fsp3) is 0.304. The third-order valence-corrected chi connectivity index (χ3v) is 6.17. The zero-order valence-corrected chi connectivity index (χ0v) is 17.4. The number of rotatable bonds is 6. The second kappa shape index (κ2) is 8.66. The number of amides is 1. The van der Waals surface area contributed by atoms with Gasteiger partial charge in [0, 0.05) is 12.6 Å². The van der Waals surface area contributed by atoms with Gasteiger partial charge in [-0.05, 0) is 55.7 Å². The van der Waals surface area contributed by atoms with Gasteiger partial charge in [-0.1, -0.05) is 18.2 Å². The molecule has 150 valence electrons. The Kier molecular flexibility index (Phi) is 5.81. The van der Waals surface area contributed by atoms with Crippen LogP contribution in [-0.4, -0.2) is 36.1 Å². The Balaban J connectivity index is 1.52. The van der Waals surface area contributed by atoms with E-state index in [2.05, 4.69) is 6.07 Å². The Hall–Kier alpha value is -2.86. The second-order valence-electron chi connectivity index (χ2n) is 6.89. The minimum absolute atomic E-state index is 0.0144. The topological polar surface area (TPSA) is 51.7 Å². The van der Waals surface area contributed by atoms with Gasteiger partial charge in [-0.2, -0.15) is 0 Å². The van der Waals surface area contributed by atoms with E-state index in [0.717, 1.165) is 35.5 Å². The lowest BCUT2D eigenvalue weighted by molar-refractivity contribution is -0.126. The molecule has 0 radical (unpaired) electrons. The van der Waals surface area contributed by atoms with E-state index >= 15 is 0 Å². The van der Waals surface area contributed by atoms with Crippen LogP contribution in [0.1, 0.15) is 36.4 Å². The minimum Gasteiger partial charge on any atom is -0.493 e. The van der Waals surface area contributed by atoms with Crippen molar-refractivity contribution in [3.63, 3.8) is 0 Å². The Morgan fingerprint density at radius 3 is 2.93 bits per heavy atom. The highest BCUT2D eigenvalue weighted by molar-refractivity contribution is 7.18. The maximum absolute atomic E-state index is 12.9. The summed E-state index contributed by atoms with van der Waals surface area (Å²) in [5.74, 6) is 1.38. The van der Waals surface area contributed by atoms with Crippen molar-refractivity contribution >= 4 is 33.5 Å². The molecule has 29 heavy (non-hydrogen) atoms. The Morgan fingerprint density at radius 2 is 2.14 bits per heavy atom. The molecule has 0 bridgehead atoms. The molecular weight excluding hydrogens is 384 g/mol. The number of hydrogen-bond acceptors (Lipinski definition) is 5. The van der Waals surface area contributed by atoms with Crippen LogP contribution < -0.4 is 9.47 Å². The van der Waals surface area contributed by atoms with Crippen LogP contribution in [0.5, 0.6) is 11.5 Å². The van der Waals surface area contributed by atoms with Gasteiger partial charge in [0.1, 0.15) is 5.01 Å². The maximum atomic E-state index is 12.9. The summed E-state index contributed by atoms with van der Waals surface area (Å²) in [6, 6.07) is 13.8. The number of benzene rings is 2. The fourth-order valence-electron chi connectivity index (χ4n) is 3.65. The summed E-state index contributed by atoms with van der Waals surface area (Å²) in [6.07, 6.45) is 5.43. The van der Waals surface area contributed by atoms with E-state index in [1.807, 2.05) is 54.3 Å². The van der Waals surface area contributed by atoms with E-state index < -0.39 is 0 Å². The van der Waals surface area contributed by atoms with Gasteiger partial charge in [0.2, 0.25) is 5.91 Å². The van der Waals surface area contributed by atoms with Gasteiger partial charge >= 0.3 is 0 Å². The summed E-state index contributed by atoms with van der Waals surface area (Å²) < 4.78 is 12.1.